The summed E-state index contributed by atoms with van der Waals surface area (Å²) < 4.78 is 5.46. The van der Waals surface area contributed by atoms with Crippen LogP contribution in [0.15, 0.2) is 24.3 Å². The quantitative estimate of drug-likeness (QED) is 0.925. The molecular formula is C18H29N3O2. The Kier molecular flexibility index (Phi) is 5.39. The van der Waals surface area contributed by atoms with Gasteiger partial charge in [-0.05, 0) is 51.8 Å². The van der Waals surface area contributed by atoms with Crippen molar-refractivity contribution < 1.29 is 9.53 Å². The van der Waals surface area contributed by atoms with Gasteiger partial charge in [-0.3, -0.25) is 0 Å². The molecule has 1 aromatic rings. The zero-order valence-corrected chi connectivity index (χ0v) is 14.9. The predicted octanol–water partition coefficient (Wildman–Crippen LogP) is 3.56. The molecule has 0 radical (unpaired) electrons. The molecule has 2 rings (SSSR count). The van der Waals surface area contributed by atoms with Crippen LogP contribution < -0.4 is 10.2 Å². The van der Waals surface area contributed by atoms with Gasteiger partial charge in [0.2, 0.25) is 0 Å². The van der Waals surface area contributed by atoms with E-state index < -0.39 is 5.60 Å². The van der Waals surface area contributed by atoms with Crippen molar-refractivity contribution in [2.24, 2.45) is 0 Å². The first-order valence-electron chi connectivity index (χ1n) is 8.29. The highest BCUT2D eigenvalue weighted by atomic mass is 16.6. The van der Waals surface area contributed by atoms with Gasteiger partial charge >= 0.3 is 6.09 Å². The molecule has 128 valence electrons. The Morgan fingerprint density at radius 3 is 2.52 bits per heavy atom. The van der Waals surface area contributed by atoms with Crippen LogP contribution in [0.2, 0.25) is 0 Å². The number of hydrogen-bond acceptors (Lipinski definition) is 4. The zero-order chi connectivity index (χ0) is 17.0. The Labute approximate surface area is 139 Å². The molecule has 0 aliphatic carbocycles. The van der Waals surface area contributed by atoms with Gasteiger partial charge in [0, 0.05) is 44.6 Å². The van der Waals surface area contributed by atoms with E-state index in [0.29, 0.717) is 0 Å². The second kappa shape index (κ2) is 7.11. The molecule has 0 aromatic heterocycles. The van der Waals surface area contributed by atoms with Crippen molar-refractivity contribution >= 4 is 17.5 Å². The first-order chi connectivity index (χ1) is 10.8. The molecule has 0 spiro atoms. The second-order valence-electron chi connectivity index (χ2n) is 7.11. The topological polar surface area (TPSA) is 44.8 Å². The van der Waals surface area contributed by atoms with Gasteiger partial charge in [0.1, 0.15) is 5.60 Å². The lowest BCUT2D eigenvalue weighted by atomic mass is 10.0. The third kappa shape index (κ3) is 4.78. The number of carbonyl (C=O) groups is 1. The molecule has 5 heteroatoms. The van der Waals surface area contributed by atoms with Gasteiger partial charge in [-0.1, -0.05) is 6.07 Å². The molecule has 0 unspecified atom stereocenters. The Balaban J connectivity index is 1.91. The van der Waals surface area contributed by atoms with E-state index in [4.69, 9.17) is 4.74 Å². The smallest absolute Gasteiger partial charge is 0.410 e. The number of nitrogens with zero attached hydrogens (tertiary/aromatic N) is 2. The number of nitrogens with one attached hydrogen (secondary N) is 1. The van der Waals surface area contributed by atoms with E-state index in [1.54, 1.807) is 4.90 Å². The fourth-order valence-electron chi connectivity index (χ4n) is 2.85. The number of hydrogen-bond donors (Lipinski definition) is 1. The van der Waals surface area contributed by atoms with Crippen LogP contribution in [-0.2, 0) is 4.74 Å². The zero-order valence-electron chi connectivity index (χ0n) is 14.9. The van der Waals surface area contributed by atoms with Crippen LogP contribution in [0.3, 0.4) is 0 Å². The third-order valence-electron chi connectivity index (χ3n) is 4.19. The third-order valence-corrected chi connectivity index (χ3v) is 4.19. The lowest BCUT2D eigenvalue weighted by Gasteiger charge is -2.38. The van der Waals surface area contributed by atoms with Crippen LogP contribution >= 0.6 is 0 Å². The molecule has 0 saturated carbocycles. The lowest BCUT2D eigenvalue weighted by Crippen LogP contribution is -2.47. The minimum Gasteiger partial charge on any atom is -0.444 e. The van der Waals surface area contributed by atoms with E-state index in [1.165, 1.54) is 5.69 Å². The van der Waals surface area contributed by atoms with Crippen LogP contribution in [0.4, 0.5) is 16.2 Å². The molecule has 1 aromatic carbocycles. The van der Waals surface area contributed by atoms with Gasteiger partial charge in [0.15, 0.2) is 0 Å². The molecule has 1 heterocycles. The van der Waals surface area contributed by atoms with E-state index in [-0.39, 0.29) is 12.1 Å². The summed E-state index contributed by atoms with van der Waals surface area (Å²) in [5, 5.41) is 3.17. The summed E-state index contributed by atoms with van der Waals surface area (Å²) in [6, 6.07) is 8.68. The molecule has 0 bridgehead atoms. The first kappa shape index (κ1) is 17.4. The van der Waals surface area contributed by atoms with E-state index in [2.05, 4.69) is 34.5 Å². The van der Waals surface area contributed by atoms with Crippen LogP contribution in [0.5, 0.6) is 0 Å². The standard InChI is InChI=1S/C18H29N3O2/c1-18(2,3)23-17(22)20(5)15-9-11-21(12-10-15)16-8-6-7-14(13-16)19-4/h6-8,13,15,19H,9-12H2,1-5H3. The molecule has 5 nitrogen and oxygen atoms in total. The van der Waals surface area contributed by atoms with E-state index in [9.17, 15) is 4.79 Å². The van der Waals surface area contributed by atoms with Gasteiger partial charge in [-0.15, -0.1) is 0 Å². The van der Waals surface area contributed by atoms with E-state index in [0.717, 1.165) is 31.6 Å². The predicted molar refractivity (Wildman–Crippen MR) is 95.2 cm³/mol. The maximum atomic E-state index is 12.2. The van der Waals surface area contributed by atoms with Crippen molar-refractivity contribution in [2.75, 3.05) is 37.4 Å². The Morgan fingerprint density at radius 1 is 1.30 bits per heavy atom. The van der Waals surface area contributed by atoms with Crippen molar-refractivity contribution in [3.63, 3.8) is 0 Å². The van der Waals surface area contributed by atoms with Crippen molar-refractivity contribution in [1.82, 2.24) is 4.90 Å². The lowest BCUT2D eigenvalue weighted by molar-refractivity contribution is 0.0201. The SMILES string of the molecule is CNc1cccc(N2CCC(N(C)C(=O)OC(C)(C)C)CC2)c1. The molecule has 1 aliphatic rings. The number of carbonyl (C=O) groups excluding carboxylic acids is 1. The maximum Gasteiger partial charge on any atom is 0.410 e. The minimum absolute atomic E-state index is 0.229. The van der Waals surface area contributed by atoms with Crippen LogP contribution in [0, 0.1) is 0 Å². The van der Waals surface area contributed by atoms with Crippen molar-refractivity contribution in [2.45, 2.75) is 45.3 Å². The number of amides is 1. The number of benzene rings is 1. The summed E-state index contributed by atoms with van der Waals surface area (Å²) in [5.74, 6) is 0. The minimum atomic E-state index is -0.445. The second-order valence-corrected chi connectivity index (χ2v) is 7.11. The summed E-state index contributed by atoms with van der Waals surface area (Å²) >= 11 is 0. The summed E-state index contributed by atoms with van der Waals surface area (Å²) in [7, 11) is 3.77. The molecule has 1 saturated heterocycles. The van der Waals surface area contributed by atoms with Crippen LogP contribution in [0.1, 0.15) is 33.6 Å². The average molecular weight is 319 g/mol. The number of rotatable bonds is 3. The summed E-state index contributed by atoms with van der Waals surface area (Å²) in [6.07, 6.45) is 1.69. The van der Waals surface area contributed by atoms with E-state index in [1.807, 2.05) is 34.9 Å². The average Bonchev–Trinajstić information content (AvgIpc) is 2.53. The fraction of sp³-hybridized carbons (Fsp3) is 0.611. The summed E-state index contributed by atoms with van der Waals surface area (Å²) in [4.78, 5) is 16.3. The fourth-order valence-corrected chi connectivity index (χ4v) is 2.85. The van der Waals surface area contributed by atoms with Gasteiger partial charge in [0.05, 0.1) is 0 Å². The molecule has 23 heavy (non-hydrogen) atoms. The highest BCUT2D eigenvalue weighted by molar-refractivity contribution is 5.68. The molecule has 1 N–H and O–H groups in total. The van der Waals surface area contributed by atoms with Gasteiger partial charge in [0.25, 0.3) is 0 Å². The molecular weight excluding hydrogens is 290 g/mol. The van der Waals surface area contributed by atoms with Crippen molar-refractivity contribution in [3.05, 3.63) is 24.3 Å². The highest BCUT2D eigenvalue weighted by Gasteiger charge is 2.28. The first-order valence-corrected chi connectivity index (χ1v) is 8.29. The molecule has 1 aliphatic heterocycles. The largest absolute Gasteiger partial charge is 0.444 e. The van der Waals surface area contributed by atoms with Gasteiger partial charge in [-0.2, -0.15) is 0 Å². The highest BCUT2D eigenvalue weighted by Crippen LogP contribution is 2.25. The summed E-state index contributed by atoms with van der Waals surface area (Å²) in [5.41, 5.74) is 1.91. The number of ether oxygens (including phenoxy) is 1. The monoisotopic (exact) mass is 319 g/mol. The Hall–Kier alpha value is -1.91. The van der Waals surface area contributed by atoms with Crippen LogP contribution in [0.25, 0.3) is 0 Å². The van der Waals surface area contributed by atoms with Crippen LogP contribution in [-0.4, -0.2) is 49.8 Å². The molecule has 1 amide bonds. The van der Waals surface area contributed by atoms with Crippen molar-refractivity contribution in [3.8, 4) is 0 Å². The van der Waals surface area contributed by atoms with Gasteiger partial charge in [-0.25, -0.2) is 4.79 Å². The van der Waals surface area contributed by atoms with Gasteiger partial charge < -0.3 is 19.9 Å². The normalized spacial score (nSPS) is 16.1. The Bertz CT molecular complexity index is 531. The number of anilines is 2. The molecule has 1 fully saturated rings. The Morgan fingerprint density at radius 2 is 1.96 bits per heavy atom. The number of piperidine rings is 1. The van der Waals surface area contributed by atoms with Crippen molar-refractivity contribution in [1.29, 1.82) is 0 Å². The summed E-state index contributed by atoms with van der Waals surface area (Å²) in [6.45, 7) is 7.60. The molecule has 0 atom stereocenters. The van der Waals surface area contributed by atoms with E-state index >= 15 is 0 Å². The maximum absolute atomic E-state index is 12.2.